The molecule has 0 aliphatic rings. The molecule has 94 valence electrons. The number of alkyl halides is 1. The first-order valence-electron chi connectivity index (χ1n) is 5.20. The number of hydrogen-bond donors (Lipinski definition) is 0. The Bertz CT molecular complexity index is 575. The molecule has 1 aromatic heterocycles. The number of aromatic nitrogens is 1. The van der Waals surface area contributed by atoms with Gasteiger partial charge in [-0.25, -0.2) is 9.37 Å². The minimum atomic E-state index is -0.458. The fourth-order valence-corrected chi connectivity index (χ4v) is 1.93. The van der Waals surface area contributed by atoms with Crippen LogP contribution in [0, 0.1) is 5.82 Å². The smallest absolute Gasteiger partial charge is 0.221 e. The molecule has 2 aromatic rings. The summed E-state index contributed by atoms with van der Waals surface area (Å²) in [6.45, 7) is 0. The third-order valence-corrected chi connectivity index (χ3v) is 3.08. The zero-order chi connectivity index (χ0) is 13.1. The van der Waals surface area contributed by atoms with Gasteiger partial charge in [0.25, 0.3) is 0 Å². The third kappa shape index (κ3) is 2.57. The van der Waals surface area contributed by atoms with Crippen molar-refractivity contribution in [3.63, 3.8) is 0 Å². The molecule has 0 aliphatic heterocycles. The minimum Gasteiger partial charge on any atom is -0.481 e. The molecule has 0 saturated carbocycles. The van der Waals surface area contributed by atoms with E-state index in [1.54, 1.807) is 12.3 Å². The van der Waals surface area contributed by atoms with Crippen molar-refractivity contribution in [2.24, 2.45) is 0 Å². The van der Waals surface area contributed by atoms with Crippen LogP contribution in [0.25, 0.3) is 11.1 Å². The molecule has 0 aliphatic carbocycles. The molecule has 0 spiro atoms. The van der Waals surface area contributed by atoms with E-state index >= 15 is 0 Å². The normalized spacial score (nSPS) is 10.4. The molecule has 2 rings (SSSR count). The van der Waals surface area contributed by atoms with Gasteiger partial charge >= 0.3 is 0 Å². The summed E-state index contributed by atoms with van der Waals surface area (Å²) >= 11 is 11.5. The van der Waals surface area contributed by atoms with Crippen molar-refractivity contribution >= 4 is 23.2 Å². The Hall–Kier alpha value is -1.32. The van der Waals surface area contributed by atoms with Crippen molar-refractivity contribution in [1.82, 2.24) is 4.98 Å². The lowest BCUT2D eigenvalue weighted by Crippen LogP contribution is -1.94. The number of methoxy groups -OCH3 is 1. The highest BCUT2D eigenvalue weighted by Gasteiger charge is 2.10. The van der Waals surface area contributed by atoms with E-state index in [4.69, 9.17) is 27.9 Å². The summed E-state index contributed by atoms with van der Waals surface area (Å²) in [5.41, 5.74) is 2.32. The largest absolute Gasteiger partial charge is 0.481 e. The Morgan fingerprint density at radius 3 is 2.72 bits per heavy atom. The first kappa shape index (κ1) is 13.1. The maximum atomic E-state index is 13.1. The SMILES string of the molecule is COc1ncc(CCl)cc1-c1ccc(F)c(Cl)c1. The number of halogens is 3. The van der Waals surface area contributed by atoms with E-state index in [2.05, 4.69) is 4.98 Å². The molecule has 1 heterocycles. The second kappa shape index (κ2) is 5.55. The van der Waals surface area contributed by atoms with Gasteiger partial charge in [-0.15, -0.1) is 11.6 Å². The summed E-state index contributed by atoms with van der Waals surface area (Å²) in [6.07, 6.45) is 1.64. The van der Waals surface area contributed by atoms with Gasteiger partial charge in [-0.05, 0) is 29.3 Å². The third-order valence-electron chi connectivity index (χ3n) is 2.49. The second-order valence-corrected chi connectivity index (χ2v) is 4.34. The van der Waals surface area contributed by atoms with Crippen LogP contribution in [0.4, 0.5) is 4.39 Å². The Kier molecular flexibility index (Phi) is 4.04. The van der Waals surface area contributed by atoms with Crippen LogP contribution >= 0.6 is 23.2 Å². The lowest BCUT2D eigenvalue weighted by atomic mass is 10.1. The predicted octanol–water partition coefficient (Wildman–Crippen LogP) is 4.29. The van der Waals surface area contributed by atoms with Crippen molar-refractivity contribution in [3.05, 3.63) is 46.9 Å². The predicted molar refractivity (Wildman–Crippen MR) is 70.8 cm³/mol. The summed E-state index contributed by atoms with van der Waals surface area (Å²) in [5.74, 6) is 0.339. The highest BCUT2D eigenvalue weighted by atomic mass is 35.5. The summed E-state index contributed by atoms with van der Waals surface area (Å²) < 4.78 is 18.3. The van der Waals surface area contributed by atoms with Gasteiger partial charge in [0.05, 0.1) is 12.1 Å². The van der Waals surface area contributed by atoms with Crippen LogP contribution in [0.5, 0.6) is 5.88 Å². The molecular formula is C13H10Cl2FNO. The fourth-order valence-electron chi connectivity index (χ4n) is 1.60. The highest BCUT2D eigenvalue weighted by Crippen LogP contribution is 2.31. The second-order valence-electron chi connectivity index (χ2n) is 3.66. The maximum Gasteiger partial charge on any atom is 0.221 e. The maximum absolute atomic E-state index is 13.1. The van der Waals surface area contributed by atoms with Crippen LogP contribution in [-0.2, 0) is 5.88 Å². The zero-order valence-electron chi connectivity index (χ0n) is 9.58. The van der Waals surface area contributed by atoms with E-state index in [0.29, 0.717) is 11.8 Å². The van der Waals surface area contributed by atoms with Gasteiger partial charge in [-0.2, -0.15) is 0 Å². The average molecular weight is 286 g/mol. The number of hydrogen-bond acceptors (Lipinski definition) is 2. The molecule has 1 aromatic carbocycles. The number of pyridine rings is 1. The zero-order valence-corrected chi connectivity index (χ0v) is 11.1. The number of benzene rings is 1. The molecule has 0 fully saturated rings. The van der Waals surface area contributed by atoms with E-state index in [1.807, 2.05) is 6.07 Å². The van der Waals surface area contributed by atoms with Crippen LogP contribution in [0.1, 0.15) is 5.56 Å². The molecule has 0 bridgehead atoms. The highest BCUT2D eigenvalue weighted by molar-refractivity contribution is 6.31. The Labute approximate surface area is 114 Å². The van der Waals surface area contributed by atoms with Gasteiger partial charge in [0.15, 0.2) is 0 Å². The summed E-state index contributed by atoms with van der Waals surface area (Å²) in [4.78, 5) is 4.15. The topological polar surface area (TPSA) is 22.1 Å². The number of nitrogens with zero attached hydrogens (tertiary/aromatic N) is 1. The lowest BCUT2D eigenvalue weighted by Gasteiger charge is -2.09. The monoisotopic (exact) mass is 285 g/mol. The first-order chi connectivity index (χ1) is 8.65. The fraction of sp³-hybridized carbons (Fsp3) is 0.154. The van der Waals surface area contributed by atoms with Gasteiger partial charge in [0, 0.05) is 17.6 Å². The van der Waals surface area contributed by atoms with E-state index in [-0.39, 0.29) is 5.02 Å². The van der Waals surface area contributed by atoms with E-state index in [0.717, 1.165) is 16.7 Å². The molecule has 0 amide bonds. The van der Waals surface area contributed by atoms with E-state index < -0.39 is 5.82 Å². The standard InChI is InChI=1S/C13H10Cl2FNO/c1-18-13-10(4-8(6-14)7-17-13)9-2-3-12(16)11(15)5-9/h2-5,7H,6H2,1H3. The molecule has 2 nitrogen and oxygen atoms in total. The van der Waals surface area contributed by atoms with Crippen molar-refractivity contribution in [2.75, 3.05) is 7.11 Å². The van der Waals surface area contributed by atoms with Crippen LogP contribution in [-0.4, -0.2) is 12.1 Å². The molecule has 5 heteroatoms. The number of rotatable bonds is 3. The molecule has 0 radical (unpaired) electrons. The van der Waals surface area contributed by atoms with Crippen LogP contribution in [0.3, 0.4) is 0 Å². The number of ether oxygens (including phenoxy) is 1. The van der Waals surface area contributed by atoms with E-state index in [9.17, 15) is 4.39 Å². The van der Waals surface area contributed by atoms with Crippen molar-refractivity contribution in [3.8, 4) is 17.0 Å². The molecule has 0 unspecified atom stereocenters. The van der Waals surface area contributed by atoms with Crippen LogP contribution < -0.4 is 4.74 Å². The molecule has 0 saturated heterocycles. The van der Waals surface area contributed by atoms with Gasteiger partial charge in [-0.1, -0.05) is 17.7 Å². The van der Waals surface area contributed by atoms with Crippen molar-refractivity contribution in [1.29, 1.82) is 0 Å². The average Bonchev–Trinajstić information content (AvgIpc) is 2.41. The van der Waals surface area contributed by atoms with Gasteiger partial charge in [-0.3, -0.25) is 0 Å². The summed E-state index contributed by atoms with van der Waals surface area (Å²) in [7, 11) is 1.53. The molecule has 0 atom stereocenters. The van der Waals surface area contributed by atoms with Gasteiger partial charge < -0.3 is 4.74 Å². The molecule has 0 N–H and O–H groups in total. The van der Waals surface area contributed by atoms with Crippen molar-refractivity contribution < 1.29 is 9.13 Å². The minimum absolute atomic E-state index is 0.0610. The summed E-state index contributed by atoms with van der Waals surface area (Å²) in [6, 6.07) is 6.32. The van der Waals surface area contributed by atoms with Crippen LogP contribution in [0.2, 0.25) is 5.02 Å². The lowest BCUT2D eigenvalue weighted by molar-refractivity contribution is 0.399. The Balaban J connectivity index is 2.57. The first-order valence-corrected chi connectivity index (χ1v) is 6.11. The van der Waals surface area contributed by atoms with Gasteiger partial charge in [0.2, 0.25) is 5.88 Å². The molecular weight excluding hydrogens is 276 g/mol. The quantitative estimate of drug-likeness (QED) is 0.785. The van der Waals surface area contributed by atoms with Crippen molar-refractivity contribution in [2.45, 2.75) is 5.88 Å². The Morgan fingerprint density at radius 1 is 1.33 bits per heavy atom. The van der Waals surface area contributed by atoms with Crippen LogP contribution in [0.15, 0.2) is 30.5 Å². The molecule has 18 heavy (non-hydrogen) atoms. The van der Waals surface area contributed by atoms with Gasteiger partial charge in [0.1, 0.15) is 5.82 Å². The van der Waals surface area contributed by atoms with E-state index in [1.165, 1.54) is 19.2 Å². The Morgan fingerprint density at radius 2 is 2.11 bits per heavy atom. The summed E-state index contributed by atoms with van der Waals surface area (Å²) in [5, 5.41) is 0.0610.